The number of benzene rings is 1. The van der Waals surface area contributed by atoms with Gasteiger partial charge in [0.2, 0.25) is 0 Å². The minimum absolute atomic E-state index is 0.0538. The van der Waals surface area contributed by atoms with Gasteiger partial charge in [-0.3, -0.25) is 10.1 Å². The van der Waals surface area contributed by atoms with E-state index in [0.29, 0.717) is 16.5 Å². The van der Waals surface area contributed by atoms with Crippen LogP contribution >= 0.6 is 15.9 Å². The number of alkyl halides is 1. The zero-order valence-electron chi connectivity index (χ0n) is 8.14. The van der Waals surface area contributed by atoms with E-state index in [0.717, 1.165) is 6.29 Å². The Kier molecular flexibility index (Phi) is 3.96. The number of halogens is 1. The molecular weight excluding hydrogens is 262 g/mol. The van der Waals surface area contributed by atoms with Crippen molar-refractivity contribution in [2.75, 3.05) is 0 Å². The lowest BCUT2D eigenvalue weighted by molar-refractivity contribution is -0.385. The van der Waals surface area contributed by atoms with Gasteiger partial charge in [-0.2, -0.15) is 0 Å². The SMILES string of the molecule is CC(C=O)c1cccc([N+](=O)[O-])c1CBr. The van der Waals surface area contributed by atoms with Crippen molar-refractivity contribution in [3.8, 4) is 0 Å². The van der Waals surface area contributed by atoms with Gasteiger partial charge in [-0.15, -0.1) is 0 Å². The molecule has 1 atom stereocenters. The van der Waals surface area contributed by atoms with Gasteiger partial charge in [0.15, 0.2) is 0 Å². The maximum absolute atomic E-state index is 10.7. The molecule has 0 radical (unpaired) electrons. The normalized spacial score (nSPS) is 12.1. The molecule has 1 unspecified atom stereocenters. The first-order valence-electron chi connectivity index (χ1n) is 4.39. The zero-order valence-corrected chi connectivity index (χ0v) is 9.73. The van der Waals surface area contributed by atoms with Crippen LogP contribution in [0.2, 0.25) is 0 Å². The molecule has 15 heavy (non-hydrogen) atoms. The van der Waals surface area contributed by atoms with Gasteiger partial charge in [-0.1, -0.05) is 35.0 Å². The first-order chi connectivity index (χ1) is 7.11. The predicted molar refractivity (Wildman–Crippen MR) is 60.2 cm³/mol. The fourth-order valence-electron chi connectivity index (χ4n) is 1.41. The summed E-state index contributed by atoms with van der Waals surface area (Å²) in [7, 11) is 0. The lowest BCUT2D eigenvalue weighted by atomic mass is 9.96. The molecule has 0 N–H and O–H groups in total. The Hall–Kier alpha value is -1.23. The molecule has 0 heterocycles. The average Bonchev–Trinajstić information content (AvgIpc) is 2.26. The third-order valence-electron chi connectivity index (χ3n) is 2.21. The fraction of sp³-hybridized carbons (Fsp3) is 0.300. The Bertz CT molecular complexity index is 392. The Labute approximate surface area is 95.6 Å². The molecule has 0 spiro atoms. The lowest BCUT2D eigenvalue weighted by Gasteiger charge is -2.09. The van der Waals surface area contributed by atoms with Crippen LogP contribution in [0.4, 0.5) is 5.69 Å². The van der Waals surface area contributed by atoms with Gasteiger partial charge in [0.05, 0.1) is 4.92 Å². The van der Waals surface area contributed by atoms with Crippen LogP contribution in [-0.4, -0.2) is 11.2 Å². The number of nitro groups is 1. The van der Waals surface area contributed by atoms with E-state index in [1.807, 2.05) is 0 Å². The molecule has 0 aliphatic carbocycles. The summed E-state index contributed by atoms with van der Waals surface area (Å²) in [5.41, 5.74) is 1.33. The van der Waals surface area contributed by atoms with E-state index in [-0.39, 0.29) is 11.6 Å². The number of carbonyl (C=O) groups is 1. The number of hydrogen-bond donors (Lipinski definition) is 0. The van der Waals surface area contributed by atoms with Crippen molar-refractivity contribution in [3.05, 3.63) is 39.4 Å². The second-order valence-electron chi connectivity index (χ2n) is 3.16. The highest BCUT2D eigenvalue weighted by Gasteiger charge is 2.18. The van der Waals surface area contributed by atoms with E-state index in [1.54, 1.807) is 19.1 Å². The Morgan fingerprint density at radius 1 is 1.60 bits per heavy atom. The third-order valence-corrected chi connectivity index (χ3v) is 2.77. The van der Waals surface area contributed by atoms with Gasteiger partial charge in [-0.25, -0.2) is 0 Å². The molecule has 0 aliphatic rings. The predicted octanol–water partition coefficient (Wildman–Crippen LogP) is 2.79. The molecular formula is C10H10BrNO3. The number of rotatable bonds is 4. The summed E-state index contributed by atoms with van der Waals surface area (Å²) in [4.78, 5) is 21.0. The molecule has 1 aromatic carbocycles. The van der Waals surface area contributed by atoms with Crippen molar-refractivity contribution in [3.63, 3.8) is 0 Å². The Balaban J connectivity index is 3.34. The molecule has 0 amide bonds. The molecule has 0 saturated heterocycles. The summed E-state index contributed by atoms with van der Waals surface area (Å²) in [6.45, 7) is 1.72. The maximum Gasteiger partial charge on any atom is 0.273 e. The topological polar surface area (TPSA) is 60.2 Å². The Morgan fingerprint density at radius 2 is 2.27 bits per heavy atom. The molecule has 0 saturated carbocycles. The average molecular weight is 272 g/mol. The van der Waals surface area contributed by atoms with E-state index in [4.69, 9.17) is 0 Å². The van der Waals surface area contributed by atoms with Crippen molar-refractivity contribution >= 4 is 27.9 Å². The van der Waals surface area contributed by atoms with E-state index >= 15 is 0 Å². The van der Waals surface area contributed by atoms with Crippen molar-refractivity contribution in [1.82, 2.24) is 0 Å². The van der Waals surface area contributed by atoms with Crippen molar-refractivity contribution in [1.29, 1.82) is 0 Å². The third kappa shape index (κ3) is 2.41. The number of nitro benzene ring substituents is 1. The highest BCUT2D eigenvalue weighted by Crippen LogP contribution is 2.28. The number of carbonyl (C=O) groups excluding carboxylic acids is 1. The monoisotopic (exact) mass is 271 g/mol. The molecule has 0 aromatic heterocycles. The molecule has 0 aliphatic heterocycles. The molecule has 0 fully saturated rings. The zero-order chi connectivity index (χ0) is 11.4. The van der Waals surface area contributed by atoms with E-state index in [1.165, 1.54) is 6.07 Å². The smallest absolute Gasteiger partial charge is 0.273 e. The van der Waals surface area contributed by atoms with Crippen LogP contribution in [0.1, 0.15) is 24.0 Å². The molecule has 1 rings (SSSR count). The summed E-state index contributed by atoms with van der Waals surface area (Å²) in [6, 6.07) is 4.78. The molecule has 80 valence electrons. The van der Waals surface area contributed by atoms with Crippen LogP contribution in [0.25, 0.3) is 0 Å². The van der Waals surface area contributed by atoms with Crippen molar-refractivity contribution in [2.45, 2.75) is 18.2 Å². The molecule has 4 nitrogen and oxygen atoms in total. The summed E-state index contributed by atoms with van der Waals surface area (Å²) in [6.07, 6.45) is 0.783. The van der Waals surface area contributed by atoms with Gasteiger partial charge < -0.3 is 4.79 Å². The quantitative estimate of drug-likeness (QED) is 0.366. The second kappa shape index (κ2) is 5.02. The van der Waals surface area contributed by atoms with Gasteiger partial charge in [0, 0.05) is 22.9 Å². The summed E-state index contributed by atoms with van der Waals surface area (Å²) in [5, 5.41) is 11.1. The number of aldehydes is 1. The van der Waals surface area contributed by atoms with Gasteiger partial charge in [0.25, 0.3) is 5.69 Å². The van der Waals surface area contributed by atoms with Crippen LogP contribution in [0.3, 0.4) is 0 Å². The molecule has 5 heteroatoms. The maximum atomic E-state index is 10.7. The second-order valence-corrected chi connectivity index (χ2v) is 3.72. The first-order valence-corrected chi connectivity index (χ1v) is 5.51. The largest absolute Gasteiger partial charge is 0.303 e. The van der Waals surface area contributed by atoms with E-state index < -0.39 is 4.92 Å². The van der Waals surface area contributed by atoms with Crippen LogP contribution in [0, 0.1) is 10.1 Å². The van der Waals surface area contributed by atoms with Crippen LogP contribution in [0.15, 0.2) is 18.2 Å². The summed E-state index contributed by atoms with van der Waals surface area (Å²) < 4.78 is 0. The summed E-state index contributed by atoms with van der Waals surface area (Å²) >= 11 is 3.20. The number of nitrogens with zero attached hydrogens (tertiary/aromatic N) is 1. The van der Waals surface area contributed by atoms with Crippen LogP contribution in [0.5, 0.6) is 0 Å². The van der Waals surface area contributed by atoms with Crippen molar-refractivity contribution in [2.24, 2.45) is 0 Å². The van der Waals surface area contributed by atoms with Gasteiger partial charge in [0.1, 0.15) is 6.29 Å². The lowest BCUT2D eigenvalue weighted by Crippen LogP contribution is -2.02. The molecule has 0 bridgehead atoms. The fourth-order valence-corrected chi connectivity index (χ4v) is 2.02. The van der Waals surface area contributed by atoms with Gasteiger partial charge in [-0.05, 0) is 5.56 Å². The van der Waals surface area contributed by atoms with E-state index in [2.05, 4.69) is 15.9 Å². The standard InChI is InChI=1S/C10H10BrNO3/c1-7(6-13)8-3-2-4-10(12(14)15)9(8)5-11/h2-4,6-7H,5H2,1H3. The highest BCUT2D eigenvalue weighted by molar-refractivity contribution is 9.08. The van der Waals surface area contributed by atoms with Crippen LogP contribution < -0.4 is 0 Å². The highest BCUT2D eigenvalue weighted by atomic mass is 79.9. The van der Waals surface area contributed by atoms with Gasteiger partial charge >= 0.3 is 0 Å². The number of hydrogen-bond acceptors (Lipinski definition) is 3. The van der Waals surface area contributed by atoms with Crippen molar-refractivity contribution < 1.29 is 9.72 Å². The Morgan fingerprint density at radius 3 is 2.73 bits per heavy atom. The first kappa shape index (κ1) is 11.8. The molecule has 1 aromatic rings. The minimum atomic E-state index is -0.433. The van der Waals surface area contributed by atoms with Crippen LogP contribution in [-0.2, 0) is 10.1 Å². The summed E-state index contributed by atoms with van der Waals surface area (Å²) in [5.74, 6) is -0.322. The van der Waals surface area contributed by atoms with E-state index in [9.17, 15) is 14.9 Å². The minimum Gasteiger partial charge on any atom is -0.303 e.